The summed E-state index contributed by atoms with van der Waals surface area (Å²) in [4.78, 5) is 0. The molecule has 12 heavy (non-hydrogen) atoms. The fourth-order valence-corrected chi connectivity index (χ4v) is 0.983. The Kier molecular flexibility index (Phi) is 10.1. The minimum atomic E-state index is 0.889. The standard InChI is InChI=1S/C11H22O/c1-3-5-7-9-11-12-10-8-6-4-2/h8,10H,3-7,9,11H2,1-2H3. The highest BCUT2D eigenvalue weighted by atomic mass is 16.5. The van der Waals surface area contributed by atoms with E-state index >= 15 is 0 Å². The normalized spacial score (nSPS) is 10.8. The van der Waals surface area contributed by atoms with E-state index in [0.717, 1.165) is 13.0 Å². The molecule has 0 saturated carbocycles. The average Bonchev–Trinajstić information content (AvgIpc) is 2.10. The monoisotopic (exact) mass is 170 g/mol. The summed E-state index contributed by atoms with van der Waals surface area (Å²) in [6, 6.07) is 0. The minimum absolute atomic E-state index is 0.889. The molecule has 0 unspecified atom stereocenters. The van der Waals surface area contributed by atoms with E-state index in [4.69, 9.17) is 4.74 Å². The molecule has 0 rings (SSSR count). The van der Waals surface area contributed by atoms with Gasteiger partial charge >= 0.3 is 0 Å². The lowest BCUT2D eigenvalue weighted by atomic mass is 10.2. The van der Waals surface area contributed by atoms with Gasteiger partial charge < -0.3 is 4.74 Å². The third-order valence-corrected chi connectivity index (χ3v) is 1.76. The van der Waals surface area contributed by atoms with Crippen LogP contribution >= 0.6 is 0 Å². The van der Waals surface area contributed by atoms with Crippen LogP contribution < -0.4 is 0 Å². The fourth-order valence-electron chi connectivity index (χ4n) is 0.983. The molecule has 0 radical (unpaired) electrons. The van der Waals surface area contributed by atoms with Gasteiger partial charge in [0.1, 0.15) is 0 Å². The maximum Gasteiger partial charge on any atom is 0.0873 e. The summed E-state index contributed by atoms with van der Waals surface area (Å²) in [5.74, 6) is 0. The summed E-state index contributed by atoms with van der Waals surface area (Å²) < 4.78 is 5.30. The predicted molar refractivity (Wildman–Crippen MR) is 54.1 cm³/mol. The zero-order valence-electron chi connectivity index (χ0n) is 8.51. The Labute approximate surface area is 76.8 Å². The van der Waals surface area contributed by atoms with Gasteiger partial charge in [0.15, 0.2) is 0 Å². The summed E-state index contributed by atoms with van der Waals surface area (Å²) in [7, 11) is 0. The van der Waals surface area contributed by atoms with Gasteiger partial charge in [0.25, 0.3) is 0 Å². The Morgan fingerprint density at radius 1 is 1.00 bits per heavy atom. The van der Waals surface area contributed by atoms with Crippen molar-refractivity contribution < 1.29 is 4.74 Å². The van der Waals surface area contributed by atoms with Gasteiger partial charge in [0, 0.05) is 0 Å². The number of ether oxygens (including phenoxy) is 1. The molecule has 0 saturated heterocycles. The zero-order valence-corrected chi connectivity index (χ0v) is 8.51. The molecule has 0 spiro atoms. The molecule has 0 aromatic rings. The van der Waals surface area contributed by atoms with E-state index in [0.29, 0.717) is 0 Å². The first kappa shape index (κ1) is 11.5. The van der Waals surface area contributed by atoms with Gasteiger partial charge in [0.2, 0.25) is 0 Å². The molecule has 1 heteroatoms. The number of allylic oxidation sites excluding steroid dienone is 1. The fraction of sp³-hybridized carbons (Fsp3) is 0.818. The highest BCUT2D eigenvalue weighted by Gasteiger charge is 1.85. The van der Waals surface area contributed by atoms with E-state index in [9.17, 15) is 0 Å². The second kappa shape index (κ2) is 10.5. The first-order valence-electron chi connectivity index (χ1n) is 5.18. The maximum absolute atomic E-state index is 5.30. The summed E-state index contributed by atoms with van der Waals surface area (Å²) in [5.41, 5.74) is 0. The minimum Gasteiger partial charge on any atom is -0.502 e. The molecular weight excluding hydrogens is 148 g/mol. The van der Waals surface area contributed by atoms with Gasteiger partial charge in [-0.2, -0.15) is 0 Å². The van der Waals surface area contributed by atoms with E-state index < -0.39 is 0 Å². The Hall–Kier alpha value is -0.460. The van der Waals surface area contributed by atoms with Crippen LogP contribution in [0.3, 0.4) is 0 Å². The molecule has 0 heterocycles. The molecular formula is C11H22O. The maximum atomic E-state index is 5.30. The summed E-state index contributed by atoms with van der Waals surface area (Å²) >= 11 is 0. The van der Waals surface area contributed by atoms with E-state index in [1.807, 2.05) is 6.26 Å². The molecule has 0 bridgehead atoms. The van der Waals surface area contributed by atoms with Crippen LogP contribution in [-0.4, -0.2) is 6.61 Å². The van der Waals surface area contributed by atoms with Crippen molar-refractivity contribution in [3.63, 3.8) is 0 Å². The lowest BCUT2D eigenvalue weighted by molar-refractivity contribution is 0.240. The molecule has 1 nitrogen and oxygen atoms in total. The van der Waals surface area contributed by atoms with Crippen molar-refractivity contribution in [3.05, 3.63) is 12.3 Å². The second-order valence-corrected chi connectivity index (χ2v) is 3.09. The van der Waals surface area contributed by atoms with E-state index in [-0.39, 0.29) is 0 Å². The van der Waals surface area contributed by atoms with Crippen LogP contribution in [0, 0.1) is 0 Å². The molecule has 0 atom stereocenters. The molecule has 0 N–H and O–H groups in total. The third kappa shape index (κ3) is 9.54. The van der Waals surface area contributed by atoms with Gasteiger partial charge in [-0.05, 0) is 18.9 Å². The highest BCUT2D eigenvalue weighted by molar-refractivity contribution is 4.71. The van der Waals surface area contributed by atoms with E-state index in [2.05, 4.69) is 19.9 Å². The van der Waals surface area contributed by atoms with Crippen molar-refractivity contribution in [1.82, 2.24) is 0 Å². The summed E-state index contributed by atoms with van der Waals surface area (Å²) in [5, 5.41) is 0. The van der Waals surface area contributed by atoms with Crippen LogP contribution in [0.1, 0.15) is 52.4 Å². The molecule has 0 aliphatic heterocycles. The van der Waals surface area contributed by atoms with E-state index in [1.54, 1.807) is 0 Å². The average molecular weight is 170 g/mol. The lowest BCUT2D eigenvalue weighted by Gasteiger charge is -1.99. The highest BCUT2D eigenvalue weighted by Crippen LogP contribution is 1.99. The molecule has 0 aromatic heterocycles. The molecule has 0 aromatic carbocycles. The van der Waals surface area contributed by atoms with Crippen LogP contribution in [0.25, 0.3) is 0 Å². The van der Waals surface area contributed by atoms with Crippen LogP contribution in [0.15, 0.2) is 12.3 Å². The van der Waals surface area contributed by atoms with Crippen molar-refractivity contribution in [2.24, 2.45) is 0 Å². The number of unbranched alkanes of at least 4 members (excludes halogenated alkanes) is 4. The van der Waals surface area contributed by atoms with Crippen LogP contribution in [0.4, 0.5) is 0 Å². The van der Waals surface area contributed by atoms with Crippen molar-refractivity contribution in [2.45, 2.75) is 52.4 Å². The predicted octanol–water partition coefficient (Wildman–Crippen LogP) is 3.90. The van der Waals surface area contributed by atoms with Crippen molar-refractivity contribution >= 4 is 0 Å². The van der Waals surface area contributed by atoms with Crippen LogP contribution in [0.2, 0.25) is 0 Å². The van der Waals surface area contributed by atoms with Gasteiger partial charge in [-0.1, -0.05) is 39.5 Å². The van der Waals surface area contributed by atoms with Crippen LogP contribution in [0.5, 0.6) is 0 Å². The summed E-state index contributed by atoms with van der Waals surface area (Å²) in [6.07, 6.45) is 11.4. The SMILES string of the molecule is CCCC=COCCCCCC. The Morgan fingerprint density at radius 2 is 1.83 bits per heavy atom. The Bertz CT molecular complexity index is 97.2. The van der Waals surface area contributed by atoms with Gasteiger partial charge in [-0.25, -0.2) is 0 Å². The largest absolute Gasteiger partial charge is 0.502 e. The van der Waals surface area contributed by atoms with Crippen molar-refractivity contribution in [3.8, 4) is 0 Å². The van der Waals surface area contributed by atoms with E-state index in [1.165, 1.54) is 32.1 Å². The first-order chi connectivity index (χ1) is 5.91. The topological polar surface area (TPSA) is 9.23 Å². The zero-order chi connectivity index (χ0) is 9.07. The van der Waals surface area contributed by atoms with Gasteiger partial charge in [0.05, 0.1) is 12.9 Å². The smallest absolute Gasteiger partial charge is 0.0873 e. The Balaban J connectivity index is 2.90. The number of rotatable bonds is 8. The third-order valence-electron chi connectivity index (χ3n) is 1.76. The Morgan fingerprint density at radius 3 is 2.50 bits per heavy atom. The molecule has 0 amide bonds. The molecule has 0 aliphatic rings. The molecule has 0 aliphatic carbocycles. The number of hydrogen-bond acceptors (Lipinski definition) is 1. The summed E-state index contributed by atoms with van der Waals surface area (Å²) in [6.45, 7) is 5.29. The van der Waals surface area contributed by atoms with Crippen molar-refractivity contribution in [1.29, 1.82) is 0 Å². The van der Waals surface area contributed by atoms with Crippen LogP contribution in [-0.2, 0) is 4.74 Å². The number of hydrogen-bond donors (Lipinski definition) is 0. The first-order valence-corrected chi connectivity index (χ1v) is 5.18. The second-order valence-electron chi connectivity index (χ2n) is 3.09. The lowest BCUT2D eigenvalue weighted by Crippen LogP contribution is -1.87. The molecule has 0 fully saturated rings. The van der Waals surface area contributed by atoms with Gasteiger partial charge in [-0.3, -0.25) is 0 Å². The quantitative estimate of drug-likeness (QED) is 0.396. The van der Waals surface area contributed by atoms with Gasteiger partial charge in [-0.15, -0.1) is 0 Å². The van der Waals surface area contributed by atoms with Crippen molar-refractivity contribution in [2.75, 3.05) is 6.61 Å². The molecule has 72 valence electrons.